The summed E-state index contributed by atoms with van der Waals surface area (Å²) in [6.45, 7) is 4.12. The summed E-state index contributed by atoms with van der Waals surface area (Å²) in [6.07, 6.45) is -3.95. The lowest BCUT2D eigenvalue weighted by Gasteiger charge is -2.35. The number of fused-ring (bicyclic) bond motifs is 4. The van der Waals surface area contributed by atoms with Crippen LogP contribution in [0.15, 0.2) is 6.07 Å². The number of alkyl halides is 4. The molecule has 5 atom stereocenters. The van der Waals surface area contributed by atoms with Crippen molar-refractivity contribution in [1.29, 1.82) is 0 Å². The van der Waals surface area contributed by atoms with Crippen molar-refractivity contribution in [2.24, 2.45) is 0 Å². The van der Waals surface area contributed by atoms with Gasteiger partial charge in [0, 0.05) is 55.7 Å². The van der Waals surface area contributed by atoms with E-state index in [4.69, 9.17) is 20.2 Å². The molecule has 0 amide bonds. The predicted molar refractivity (Wildman–Crippen MR) is 140 cm³/mol. The van der Waals surface area contributed by atoms with Gasteiger partial charge in [-0.25, -0.2) is 8.78 Å². The third kappa shape index (κ3) is 4.51. The highest BCUT2D eigenvalue weighted by Gasteiger charge is 2.50. The molecule has 2 bridgehead atoms. The van der Waals surface area contributed by atoms with E-state index in [1.807, 2.05) is 0 Å². The van der Waals surface area contributed by atoms with E-state index in [1.165, 1.54) is 6.92 Å². The second-order valence-corrected chi connectivity index (χ2v) is 12.2. The largest absolute Gasteiger partial charge is 0.461 e. The molecule has 2 unspecified atom stereocenters. The third-order valence-corrected chi connectivity index (χ3v) is 9.55. The number of aromatic nitrogens is 2. The SMILES string of the molecule is Cc1cc(N)c(F)c([C@@H]2Cc3nc(OC[C@@]45CCCN4C[C@H](F)C5)nc(N4CC5CC4CN5)c3CO2)c1C(F)(F)F. The number of benzene rings is 1. The van der Waals surface area contributed by atoms with Crippen molar-refractivity contribution in [1.82, 2.24) is 20.2 Å². The number of hydrogen-bond donors (Lipinski definition) is 2. The van der Waals surface area contributed by atoms with E-state index in [2.05, 4.69) is 20.1 Å². The van der Waals surface area contributed by atoms with Gasteiger partial charge in [-0.1, -0.05) is 0 Å². The maximum atomic E-state index is 15.3. The highest BCUT2D eigenvalue weighted by atomic mass is 19.4. The highest BCUT2D eigenvalue weighted by Crippen LogP contribution is 2.45. The van der Waals surface area contributed by atoms with Crippen molar-refractivity contribution in [3.63, 3.8) is 0 Å². The number of rotatable bonds is 5. The Morgan fingerprint density at radius 2 is 2.10 bits per heavy atom. The van der Waals surface area contributed by atoms with Crippen LogP contribution in [0, 0.1) is 12.7 Å². The van der Waals surface area contributed by atoms with Crippen LogP contribution in [0.25, 0.3) is 0 Å². The summed E-state index contributed by atoms with van der Waals surface area (Å²) in [7, 11) is 0. The lowest BCUT2D eigenvalue weighted by Crippen LogP contribution is -2.45. The van der Waals surface area contributed by atoms with Gasteiger partial charge in [-0.05, 0) is 44.4 Å². The van der Waals surface area contributed by atoms with Crippen molar-refractivity contribution < 1.29 is 31.4 Å². The van der Waals surface area contributed by atoms with Gasteiger partial charge in [-0.15, -0.1) is 0 Å². The summed E-state index contributed by atoms with van der Waals surface area (Å²) in [6, 6.07) is 1.62. The normalized spacial score (nSPS) is 31.1. The lowest BCUT2D eigenvalue weighted by atomic mass is 9.91. The van der Waals surface area contributed by atoms with E-state index in [0.717, 1.165) is 45.0 Å². The zero-order chi connectivity index (χ0) is 28.7. The van der Waals surface area contributed by atoms with Crippen LogP contribution in [0.1, 0.15) is 59.7 Å². The van der Waals surface area contributed by atoms with E-state index in [-0.39, 0.29) is 42.9 Å². The number of nitrogens with one attached hydrogen (secondary N) is 1. The van der Waals surface area contributed by atoms with Crippen LogP contribution in [0.4, 0.5) is 33.5 Å². The number of nitrogens with zero attached hydrogens (tertiary/aromatic N) is 4. The molecule has 41 heavy (non-hydrogen) atoms. The highest BCUT2D eigenvalue weighted by molar-refractivity contribution is 5.56. The zero-order valence-electron chi connectivity index (χ0n) is 22.7. The fraction of sp³-hybridized carbons (Fsp3) is 0.643. The maximum Gasteiger partial charge on any atom is 0.417 e. The number of halogens is 5. The molecule has 8 nitrogen and oxygen atoms in total. The summed E-state index contributed by atoms with van der Waals surface area (Å²) in [5.74, 6) is -0.499. The average molecular weight is 581 g/mol. The minimum atomic E-state index is -4.80. The average Bonchev–Trinajstić information content (AvgIpc) is 3.69. The second kappa shape index (κ2) is 9.63. The van der Waals surface area contributed by atoms with Gasteiger partial charge in [0.05, 0.1) is 35.2 Å². The van der Waals surface area contributed by atoms with Gasteiger partial charge in [-0.3, -0.25) is 4.90 Å². The summed E-state index contributed by atoms with van der Waals surface area (Å²) < 4.78 is 84.1. The Balaban J connectivity index is 1.25. The first-order valence-corrected chi connectivity index (χ1v) is 14.2. The van der Waals surface area contributed by atoms with Gasteiger partial charge >= 0.3 is 12.2 Å². The first-order valence-electron chi connectivity index (χ1n) is 14.2. The fourth-order valence-electron chi connectivity index (χ4n) is 7.71. The number of ether oxygens (including phenoxy) is 2. The monoisotopic (exact) mass is 580 g/mol. The van der Waals surface area contributed by atoms with Crippen molar-refractivity contribution in [3.8, 4) is 6.01 Å². The number of anilines is 2. The van der Waals surface area contributed by atoms with Crippen LogP contribution in [0.5, 0.6) is 6.01 Å². The fourth-order valence-corrected chi connectivity index (χ4v) is 7.71. The Morgan fingerprint density at radius 3 is 2.83 bits per heavy atom. The van der Waals surface area contributed by atoms with Crippen LogP contribution in [0.3, 0.4) is 0 Å². The number of nitrogen functional groups attached to an aromatic ring is 1. The Bertz CT molecular complexity index is 1370. The Labute approximate surface area is 234 Å². The molecule has 6 heterocycles. The van der Waals surface area contributed by atoms with Crippen molar-refractivity contribution in [2.45, 2.75) is 81.7 Å². The Kier molecular flexibility index (Phi) is 6.36. The molecule has 4 fully saturated rings. The molecule has 1 aromatic heterocycles. The summed E-state index contributed by atoms with van der Waals surface area (Å²) in [5.41, 5.74) is 4.27. The maximum absolute atomic E-state index is 15.3. The molecule has 1 aromatic carbocycles. The van der Waals surface area contributed by atoms with E-state index < -0.39 is 40.9 Å². The Hall–Kier alpha value is -2.77. The number of piperazine rings is 1. The first kappa shape index (κ1) is 27.1. The number of nitrogens with two attached hydrogens (primary N) is 1. The van der Waals surface area contributed by atoms with Crippen LogP contribution in [0.2, 0.25) is 0 Å². The molecule has 5 aliphatic rings. The van der Waals surface area contributed by atoms with Crippen molar-refractivity contribution >= 4 is 11.5 Å². The first-order chi connectivity index (χ1) is 19.5. The summed E-state index contributed by atoms with van der Waals surface area (Å²) in [5, 5.41) is 3.46. The Morgan fingerprint density at radius 1 is 1.27 bits per heavy atom. The third-order valence-electron chi connectivity index (χ3n) is 9.55. The summed E-state index contributed by atoms with van der Waals surface area (Å²) in [4.78, 5) is 13.7. The molecule has 5 aliphatic heterocycles. The van der Waals surface area contributed by atoms with Crippen LogP contribution >= 0.6 is 0 Å². The van der Waals surface area contributed by atoms with E-state index in [1.54, 1.807) is 0 Å². The van der Waals surface area contributed by atoms with Crippen LogP contribution in [-0.4, -0.2) is 71.4 Å². The van der Waals surface area contributed by atoms with Gasteiger partial charge in [0.1, 0.15) is 18.6 Å². The van der Waals surface area contributed by atoms with Crippen molar-refractivity contribution in [3.05, 3.63) is 39.8 Å². The molecule has 3 N–H and O–H groups in total. The molecule has 13 heteroatoms. The molecule has 7 rings (SSSR count). The predicted octanol–water partition coefficient (Wildman–Crippen LogP) is 3.84. The van der Waals surface area contributed by atoms with E-state index >= 15 is 4.39 Å². The molecule has 0 saturated carbocycles. The number of aryl methyl sites for hydroxylation is 1. The lowest BCUT2D eigenvalue weighted by molar-refractivity contribution is -0.140. The summed E-state index contributed by atoms with van der Waals surface area (Å²) >= 11 is 0. The number of hydrogen-bond acceptors (Lipinski definition) is 8. The molecule has 4 saturated heterocycles. The van der Waals surface area contributed by atoms with Crippen LogP contribution in [-0.2, 0) is 23.9 Å². The second-order valence-electron chi connectivity index (χ2n) is 12.2. The van der Waals surface area contributed by atoms with Gasteiger partial charge in [0.25, 0.3) is 0 Å². The quantitative estimate of drug-likeness (QED) is 0.408. The van der Waals surface area contributed by atoms with Gasteiger partial charge in [-0.2, -0.15) is 23.1 Å². The van der Waals surface area contributed by atoms with Gasteiger partial charge < -0.3 is 25.4 Å². The topological polar surface area (TPSA) is 88.8 Å². The molecular formula is C28H33F5N6O2. The molecule has 0 radical (unpaired) electrons. The van der Waals surface area contributed by atoms with E-state index in [0.29, 0.717) is 36.1 Å². The van der Waals surface area contributed by atoms with E-state index in [9.17, 15) is 17.6 Å². The van der Waals surface area contributed by atoms with Crippen LogP contribution < -0.4 is 20.7 Å². The standard InChI is InChI=1S/C28H33F5N6O2/c1-14-5-19(34)24(30)22(23(14)28(31,32)33)21-7-20-18(12-40-21)25(39-11-16-6-17(39)9-35-16)37-26(36-20)41-13-27-3-2-4-38(27)10-15(29)8-27/h5,15-17,21,35H,2-4,6-13,34H2,1H3/t15-,16?,17?,21+,27+/m1/s1. The van der Waals surface area contributed by atoms with Gasteiger partial charge in [0.15, 0.2) is 5.82 Å². The van der Waals surface area contributed by atoms with Crippen molar-refractivity contribution in [2.75, 3.05) is 43.4 Å². The molecular weight excluding hydrogens is 547 g/mol. The molecule has 222 valence electrons. The molecule has 0 aliphatic carbocycles. The zero-order valence-corrected chi connectivity index (χ0v) is 22.7. The van der Waals surface area contributed by atoms with Gasteiger partial charge in [0.2, 0.25) is 0 Å². The minimum Gasteiger partial charge on any atom is -0.461 e. The minimum absolute atomic E-state index is 0.0806. The molecule has 2 aromatic rings. The molecule has 0 spiro atoms. The smallest absolute Gasteiger partial charge is 0.417 e.